The van der Waals surface area contributed by atoms with Gasteiger partial charge in [-0.25, -0.2) is 4.39 Å². The maximum absolute atomic E-state index is 14.3. The van der Waals surface area contributed by atoms with Crippen molar-refractivity contribution in [3.05, 3.63) is 35.1 Å². The molecule has 2 saturated carbocycles. The van der Waals surface area contributed by atoms with Gasteiger partial charge in [0.05, 0.1) is 12.7 Å². The number of benzene rings is 1. The fourth-order valence-electron chi connectivity index (χ4n) is 3.86. The van der Waals surface area contributed by atoms with E-state index in [-0.39, 0.29) is 29.5 Å². The number of ether oxygens (including phenoxy) is 1. The summed E-state index contributed by atoms with van der Waals surface area (Å²) in [6.07, 6.45) is 6.02. The highest BCUT2D eigenvalue weighted by atomic mass is 19.1. The molecule has 0 atom stereocenters. The molecule has 1 aromatic carbocycles. The molecule has 5 heteroatoms. The Hall–Kier alpha value is -1.91. The van der Waals surface area contributed by atoms with Crippen LogP contribution in [0.25, 0.3) is 0 Å². The first kappa shape index (κ1) is 17.9. The number of amides is 1. The van der Waals surface area contributed by atoms with Gasteiger partial charge < -0.3 is 9.64 Å². The van der Waals surface area contributed by atoms with Crippen molar-refractivity contribution in [1.82, 2.24) is 4.90 Å². The quantitative estimate of drug-likeness (QED) is 0.760. The number of carbonyl (C=O) groups excluding carboxylic acids is 2. The van der Waals surface area contributed by atoms with Crippen LogP contribution in [0.15, 0.2) is 18.2 Å². The van der Waals surface area contributed by atoms with Crippen LogP contribution in [-0.4, -0.2) is 36.0 Å². The summed E-state index contributed by atoms with van der Waals surface area (Å²) in [5.74, 6) is -0.456. The number of esters is 1. The molecule has 0 bridgehead atoms. The van der Waals surface area contributed by atoms with Gasteiger partial charge in [0.1, 0.15) is 5.82 Å². The smallest absolute Gasteiger partial charge is 0.305 e. The molecule has 0 N–H and O–H groups in total. The van der Waals surface area contributed by atoms with Crippen LogP contribution in [0.4, 0.5) is 4.39 Å². The predicted octanol–water partition coefficient (Wildman–Crippen LogP) is 3.86. The van der Waals surface area contributed by atoms with Gasteiger partial charge >= 0.3 is 5.97 Å². The number of aryl methyl sites for hydroxylation is 1. The van der Waals surface area contributed by atoms with Gasteiger partial charge in [-0.15, -0.1) is 0 Å². The maximum atomic E-state index is 14.3. The van der Waals surface area contributed by atoms with Crippen LogP contribution in [0.1, 0.15) is 60.9 Å². The zero-order chi connectivity index (χ0) is 18.0. The van der Waals surface area contributed by atoms with E-state index in [4.69, 9.17) is 4.74 Å². The van der Waals surface area contributed by atoms with Gasteiger partial charge in [0, 0.05) is 18.5 Å². The lowest BCUT2D eigenvalue weighted by atomic mass is 9.83. The van der Waals surface area contributed by atoms with Crippen LogP contribution in [0.2, 0.25) is 0 Å². The third-order valence-electron chi connectivity index (χ3n) is 5.42. The number of hydrogen-bond donors (Lipinski definition) is 0. The highest BCUT2D eigenvalue weighted by Gasteiger charge is 2.40. The molecule has 4 nitrogen and oxygen atoms in total. The molecule has 0 aliphatic heterocycles. The van der Waals surface area contributed by atoms with Gasteiger partial charge in [-0.05, 0) is 69.1 Å². The lowest BCUT2D eigenvalue weighted by Gasteiger charge is -2.37. The Balaban J connectivity index is 1.68. The summed E-state index contributed by atoms with van der Waals surface area (Å²) in [4.78, 5) is 26.3. The molecule has 136 valence electrons. The summed E-state index contributed by atoms with van der Waals surface area (Å²) in [5.41, 5.74) is 0.990. The monoisotopic (exact) mass is 347 g/mol. The van der Waals surface area contributed by atoms with Crippen molar-refractivity contribution in [3.63, 3.8) is 0 Å². The number of methoxy groups -OCH3 is 1. The summed E-state index contributed by atoms with van der Waals surface area (Å²) < 4.78 is 19.0. The SMILES string of the molecule is COC(=O)CC1CCC(N(C(=O)c2ccc(C)cc2F)C2CC2)CC1. The topological polar surface area (TPSA) is 46.6 Å². The minimum Gasteiger partial charge on any atom is -0.469 e. The normalized spacial score (nSPS) is 23.2. The third-order valence-corrected chi connectivity index (χ3v) is 5.42. The summed E-state index contributed by atoms with van der Waals surface area (Å²) in [6.45, 7) is 1.82. The molecule has 0 radical (unpaired) electrons. The average Bonchev–Trinajstić information content (AvgIpc) is 3.41. The van der Waals surface area contributed by atoms with E-state index < -0.39 is 5.82 Å². The lowest BCUT2D eigenvalue weighted by Crippen LogP contribution is -2.44. The highest BCUT2D eigenvalue weighted by Crippen LogP contribution is 2.37. The highest BCUT2D eigenvalue weighted by molar-refractivity contribution is 5.95. The predicted molar refractivity (Wildman–Crippen MR) is 92.7 cm³/mol. The van der Waals surface area contributed by atoms with E-state index in [9.17, 15) is 14.0 Å². The van der Waals surface area contributed by atoms with Crippen LogP contribution in [0, 0.1) is 18.7 Å². The maximum Gasteiger partial charge on any atom is 0.305 e. The second-order valence-electron chi connectivity index (χ2n) is 7.38. The first-order valence-electron chi connectivity index (χ1n) is 9.15. The number of halogens is 1. The van der Waals surface area contributed by atoms with Crippen molar-refractivity contribution in [2.24, 2.45) is 5.92 Å². The molecule has 3 rings (SSSR count). The minimum atomic E-state index is -0.435. The van der Waals surface area contributed by atoms with Crippen molar-refractivity contribution in [3.8, 4) is 0 Å². The van der Waals surface area contributed by atoms with Crippen molar-refractivity contribution in [2.75, 3.05) is 7.11 Å². The van der Waals surface area contributed by atoms with Crippen LogP contribution in [0.3, 0.4) is 0 Å². The minimum absolute atomic E-state index is 0.148. The summed E-state index contributed by atoms with van der Waals surface area (Å²) in [7, 11) is 1.41. The third kappa shape index (κ3) is 4.20. The van der Waals surface area contributed by atoms with E-state index in [0.717, 1.165) is 44.1 Å². The van der Waals surface area contributed by atoms with Crippen molar-refractivity contribution in [2.45, 2.75) is 64.0 Å². The van der Waals surface area contributed by atoms with Gasteiger partial charge in [0.25, 0.3) is 5.91 Å². The molecule has 0 unspecified atom stereocenters. The molecule has 2 aliphatic carbocycles. The van der Waals surface area contributed by atoms with E-state index in [0.29, 0.717) is 12.3 Å². The molecular formula is C20H26FNO3. The van der Waals surface area contributed by atoms with E-state index in [1.165, 1.54) is 13.2 Å². The molecule has 0 heterocycles. The van der Waals surface area contributed by atoms with Crippen molar-refractivity contribution in [1.29, 1.82) is 0 Å². The Morgan fingerprint density at radius 2 is 1.72 bits per heavy atom. The Labute approximate surface area is 148 Å². The van der Waals surface area contributed by atoms with E-state index in [1.54, 1.807) is 12.1 Å². The van der Waals surface area contributed by atoms with Crippen molar-refractivity contribution >= 4 is 11.9 Å². The van der Waals surface area contributed by atoms with E-state index in [2.05, 4.69) is 0 Å². The molecule has 0 aromatic heterocycles. The lowest BCUT2D eigenvalue weighted by molar-refractivity contribution is -0.142. The zero-order valence-electron chi connectivity index (χ0n) is 15.0. The number of hydrogen-bond acceptors (Lipinski definition) is 3. The Morgan fingerprint density at radius 1 is 1.12 bits per heavy atom. The molecule has 1 amide bonds. The van der Waals surface area contributed by atoms with Crippen LogP contribution in [-0.2, 0) is 9.53 Å². The summed E-state index contributed by atoms with van der Waals surface area (Å²) in [5, 5.41) is 0. The van der Waals surface area contributed by atoms with Gasteiger partial charge in [0.2, 0.25) is 0 Å². The van der Waals surface area contributed by atoms with Gasteiger partial charge in [-0.2, -0.15) is 0 Å². The molecule has 0 spiro atoms. The molecule has 2 fully saturated rings. The Bertz CT molecular complexity index is 648. The van der Waals surface area contributed by atoms with E-state index >= 15 is 0 Å². The number of rotatable bonds is 5. The fourth-order valence-corrected chi connectivity index (χ4v) is 3.86. The Kier molecular flexibility index (Phi) is 5.40. The summed E-state index contributed by atoms with van der Waals surface area (Å²) in [6, 6.07) is 5.20. The second-order valence-corrected chi connectivity index (χ2v) is 7.38. The van der Waals surface area contributed by atoms with Crippen LogP contribution >= 0.6 is 0 Å². The van der Waals surface area contributed by atoms with Crippen LogP contribution < -0.4 is 0 Å². The summed E-state index contributed by atoms with van der Waals surface area (Å²) >= 11 is 0. The second kappa shape index (κ2) is 7.54. The molecule has 25 heavy (non-hydrogen) atoms. The molecule has 2 aliphatic rings. The zero-order valence-corrected chi connectivity index (χ0v) is 15.0. The number of nitrogens with zero attached hydrogens (tertiary/aromatic N) is 1. The average molecular weight is 347 g/mol. The molecule has 1 aromatic rings. The standard InChI is InChI=1S/C20H26FNO3/c1-13-3-10-17(18(21)11-13)20(24)22(16-8-9-16)15-6-4-14(5-7-15)12-19(23)25-2/h3,10-11,14-16H,4-9,12H2,1-2H3. The first-order valence-corrected chi connectivity index (χ1v) is 9.15. The largest absolute Gasteiger partial charge is 0.469 e. The van der Waals surface area contributed by atoms with E-state index in [1.807, 2.05) is 11.8 Å². The van der Waals surface area contributed by atoms with Crippen molar-refractivity contribution < 1.29 is 18.7 Å². The first-order chi connectivity index (χ1) is 12.0. The van der Waals surface area contributed by atoms with Crippen LogP contribution in [0.5, 0.6) is 0 Å². The fraction of sp³-hybridized carbons (Fsp3) is 0.600. The number of carbonyl (C=O) groups is 2. The van der Waals surface area contributed by atoms with Gasteiger partial charge in [0.15, 0.2) is 0 Å². The van der Waals surface area contributed by atoms with Gasteiger partial charge in [-0.3, -0.25) is 9.59 Å². The Morgan fingerprint density at radius 3 is 2.24 bits per heavy atom. The van der Waals surface area contributed by atoms with Gasteiger partial charge in [-0.1, -0.05) is 6.07 Å². The molecule has 0 saturated heterocycles. The molecular weight excluding hydrogens is 321 g/mol.